The Bertz CT molecular complexity index is 3110. The molecule has 652 valence electrons. The number of amides is 4. The number of carboxylic acids is 2. The molecule has 0 aromatic rings. The van der Waals surface area contributed by atoms with Crippen molar-refractivity contribution in [3.63, 3.8) is 0 Å². The Morgan fingerprint density at radius 1 is 0.363 bits per heavy atom. The van der Waals surface area contributed by atoms with Crippen LogP contribution in [0.5, 0.6) is 0 Å². The summed E-state index contributed by atoms with van der Waals surface area (Å²) < 4.78 is 87.2. The van der Waals surface area contributed by atoms with E-state index in [1.807, 2.05) is 0 Å². The third kappa shape index (κ3) is 20.9. The molecule has 0 spiro atoms. The van der Waals surface area contributed by atoms with Gasteiger partial charge in [0.15, 0.2) is 37.7 Å². The van der Waals surface area contributed by atoms with E-state index in [1.165, 1.54) is 0 Å². The van der Waals surface area contributed by atoms with E-state index in [4.69, 9.17) is 71.1 Å². The second-order valence-electron chi connectivity index (χ2n) is 28.3. The molecule has 42 atom stereocenters. The molecule has 30 N–H and O–H groups in total. The normalized spacial score (nSPS) is 45.6. The Morgan fingerprint density at radius 2 is 0.690 bits per heavy atom. The zero-order valence-corrected chi connectivity index (χ0v) is 60.4. The highest BCUT2D eigenvalue weighted by Crippen LogP contribution is 2.41. The number of carbonyl (C=O) groups excluding carboxylic acids is 4. The molecule has 8 aliphatic heterocycles. The fourth-order valence-electron chi connectivity index (χ4n) is 14.2. The predicted molar refractivity (Wildman–Crippen MR) is 345 cm³/mol. The highest BCUT2D eigenvalue weighted by Gasteiger charge is 2.62. The van der Waals surface area contributed by atoms with E-state index in [2.05, 4.69) is 21.3 Å². The molecule has 113 heavy (non-hydrogen) atoms. The zero-order valence-electron chi connectivity index (χ0n) is 60.4. The fourth-order valence-corrected chi connectivity index (χ4v) is 14.2. The number of carboxylic acid groups (broad SMARTS) is 2. The number of aliphatic hydroxyl groups is 24. The lowest BCUT2D eigenvalue weighted by molar-refractivity contribution is -0.389. The van der Waals surface area contributed by atoms with Crippen molar-refractivity contribution in [2.75, 3.05) is 52.9 Å². The van der Waals surface area contributed by atoms with Crippen molar-refractivity contribution < 1.29 is 233 Å². The minimum absolute atomic E-state index is 0.831. The number of nitrogens with one attached hydrogen (secondary N) is 4. The minimum Gasteiger partial charge on any atom is -0.477 e. The van der Waals surface area contributed by atoms with Gasteiger partial charge in [0.1, 0.15) is 183 Å². The minimum atomic E-state index is -3.07. The van der Waals surface area contributed by atoms with Crippen LogP contribution in [-0.2, 0) is 99.8 Å². The van der Waals surface area contributed by atoms with Crippen LogP contribution >= 0.6 is 0 Å². The summed E-state index contributed by atoms with van der Waals surface area (Å²) in [6, 6.07) is -7.31. The van der Waals surface area contributed by atoms with E-state index in [1.54, 1.807) is 0 Å². The van der Waals surface area contributed by atoms with Crippen molar-refractivity contribution in [3.8, 4) is 0 Å². The van der Waals surface area contributed by atoms with Gasteiger partial charge in [-0.15, -0.1) is 0 Å². The molecule has 8 aliphatic rings. The molecule has 8 saturated heterocycles. The van der Waals surface area contributed by atoms with Crippen molar-refractivity contribution >= 4 is 35.6 Å². The van der Waals surface area contributed by atoms with Crippen LogP contribution in [0.1, 0.15) is 40.5 Å². The number of aliphatic carboxylic acids is 2. The lowest BCUT2D eigenvalue weighted by atomic mass is 9.88. The molecular weight excluding hydrogens is 1550 g/mol. The molecule has 0 saturated carbocycles. The molecule has 0 radical (unpaired) electrons. The molecule has 0 aromatic heterocycles. The first-order valence-corrected chi connectivity index (χ1v) is 35.4. The second kappa shape index (κ2) is 39.9. The molecule has 0 bridgehead atoms. The fraction of sp³-hybridized carbons (Fsp3) is 0.903. The van der Waals surface area contributed by atoms with Crippen LogP contribution < -0.4 is 21.3 Å². The monoisotopic (exact) mass is 1650 g/mol. The second-order valence-corrected chi connectivity index (χ2v) is 28.3. The highest BCUT2D eigenvalue weighted by molar-refractivity contribution is 5.77. The van der Waals surface area contributed by atoms with Gasteiger partial charge in [-0.2, -0.15) is 0 Å². The molecule has 8 rings (SSSR count). The number of carbonyl (C=O) groups is 6. The first-order chi connectivity index (χ1) is 53.0. The number of hydrogen-bond donors (Lipinski definition) is 30. The highest BCUT2D eigenvalue weighted by atomic mass is 16.8. The largest absolute Gasteiger partial charge is 0.477 e. The van der Waals surface area contributed by atoms with Crippen molar-refractivity contribution in [2.24, 2.45) is 0 Å². The van der Waals surface area contributed by atoms with Gasteiger partial charge in [0.2, 0.25) is 23.6 Å². The van der Waals surface area contributed by atoms with Crippen LogP contribution in [0.25, 0.3) is 0 Å². The van der Waals surface area contributed by atoms with Crippen molar-refractivity contribution in [1.82, 2.24) is 21.3 Å². The molecule has 51 heteroatoms. The smallest absolute Gasteiger partial charge is 0.364 e. The predicted octanol–water partition coefficient (Wildman–Crippen LogP) is -19.5. The molecular formula is C62H102N4O47. The quantitative estimate of drug-likeness (QED) is 0.0297. The first kappa shape index (κ1) is 93.8. The molecule has 0 aliphatic carbocycles. The molecule has 51 nitrogen and oxygen atoms in total. The van der Waals surface area contributed by atoms with Crippen molar-refractivity contribution in [1.29, 1.82) is 0 Å². The van der Waals surface area contributed by atoms with Gasteiger partial charge in [0.05, 0.1) is 77.1 Å². The standard InChI is InChI=1S/C62H102N4O47/c1-15(72)63-29-19(76)5-61(59(95)96,112-50(29)33(80)21(78)7-67)100-13-26-36(83)41(88)44(91)57(106-26)108-47-24(10-70)104-54(31(38(47)85)65-17(3)74)99-12-28-49(110-56-43(90)40(87)35(82)23(9-69)103-56)52(46(93)53(94)102-28)111-55-32(66-18(4)75)39(86)48(25(11-71)105-55)109-58-45(92)42(89)37(84)27(107-58)14-101-62(60(97)98)6-20(77)30(64-16(2)73)51(113-62)34(81)22(79)8-68/h19-58,67-71,76-94H,5-14H2,1-4H3,(H,63,72)(H,64,73)(H,65,74)(H,66,75)(H,95,96)(H,97,98)/t19-,20-,21+,22+,23+,24+,25+,26+,27+,28+,29+,30+,31+,32+,33+,34+,35-,36-,37-,38+,39+,40-,41-,42-,43+,44+,45+,46+,47+,48+,49+,50+,51+,52+,53?,54+,55-,56-,57-,58-,61+,62+/m0/s1. The first-order valence-electron chi connectivity index (χ1n) is 35.4. The third-order valence-corrected chi connectivity index (χ3v) is 20.2. The van der Waals surface area contributed by atoms with Crippen LogP contribution in [0.15, 0.2) is 0 Å². The summed E-state index contributed by atoms with van der Waals surface area (Å²) in [5.41, 5.74) is 0. The van der Waals surface area contributed by atoms with E-state index in [0.29, 0.717) is 0 Å². The van der Waals surface area contributed by atoms with Gasteiger partial charge < -0.3 is 225 Å². The average molecular weight is 1660 g/mol. The van der Waals surface area contributed by atoms with E-state index in [-0.39, 0.29) is 0 Å². The SMILES string of the molecule is CC(=O)N[C@H]1[C@H](OC[C@H]2OC(O)[C@H](O)[C@@H](O[C@@H]3O[C@H](CO)[C@@H](O[C@@H]4O[C@H](CO[C@]5(C(=O)O)C[C@H](O)[C@@H](NC(C)=O)[C@H]([C@H](O)[C@H](O)CO)O5)[C@H](O)[C@H](O)[C@H]4O)[C@H](O)[C@H]3NC(C)=O)[C@@H]2O[C@@H]2O[C@H](CO)[C@H](O)[C@H](O)[C@H]2O)O[C@H](CO)[C@@H](O[C@@H]2O[C@H](CO[C@]3(C(=O)O)C[C@H](O)[C@@H](NC(C)=O)[C@H]([C@H](O)[C@H](O)CO)O3)[C@H](O)[C@H](O)[C@H]2O)[C@@H]1O. The van der Waals surface area contributed by atoms with Gasteiger partial charge >= 0.3 is 11.9 Å². The van der Waals surface area contributed by atoms with Gasteiger partial charge in [-0.25, -0.2) is 9.59 Å². The Labute approximate surface area is 637 Å². The van der Waals surface area contributed by atoms with Gasteiger partial charge in [-0.05, 0) is 0 Å². The summed E-state index contributed by atoms with van der Waals surface area (Å²) in [7, 11) is 0. The van der Waals surface area contributed by atoms with Gasteiger partial charge in [0, 0.05) is 40.5 Å². The van der Waals surface area contributed by atoms with E-state index >= 15 is 0 Å². The van der Waals surface area contributed by atoms with Gasteiger partial charge in [0.25, 0.3) is 11.6 Å². The Kier molecular flexibility index (Phi) is 33.1. The number of ether oxygens (including phenoxy) is 15. The summed E-state index contributed by atoms with van der Waals surface area (Å²) >= 11 is 0. The molecule has 8 heterocycles. The van der Waals surface area contributed by atoms with Crippen molar-refractivity contribution in [3.05, 3.63) is 0 Å². The van der Waals surface area contributed by atoms with Crippen LogP contribution in [0.3, 0.4) is 0 Å². The van der Waals surface area contributed by atoms with E-state index in [0.717, 1.165) is 27.7 Å². The topological polar surface area (TPSA) is 815 Å². The molecule has 1 unspecified atom stereocenters. The number of rotatable bonds is 32. The van der Waals surface area contributed by atoms with E-state index < -0.39 is 358 Å². The summed E-state index contributed by atoms with van der Waals surface area (Å²) in [6.07, 6.45) is -80.3. The lowest BCUT2D eigenvalue weighted by Gasteiger charge is -2.50. The number of hydrogen-bond acceptors (Lipinski definition) is 45. The van der Waals surface area contributed by atoms with Gasteiger partial charge in [-0.1, -0.05) is 0 Å². The summed E-state index contributed by atoms with van der Waals surface area (Å²) in [5, 5.41) is 293. The number of aliphatic hydroxyl groups excluding tert-OH is 24. The summed E-state index contributed by atoms with van der Waals surface area (Å²) in [6.45, 7) is -5.61. The maximum absolute atomic E-state index is 13.1. The van der Waals surface area contributed by atoms with E-state index in [9.17, 15) is 162 Å². The Balaban J connectivity index is 1.03. The third-order valence-electron chi connectivity index (χ3n) is 20.2. The Hall–Kier alpha value is -4.74. The average Bonchev–Trinajstić information content (AvgIpc) is 0.768. The van der Waals surface area contributed by atoms with Gasteiger partial charge in [-0.3, -0.25) is 19.2 Å². The Morgan fingerprint density at radius 3 is 1.05 bits per heavy atom. The lowest BCUT2D eigenvalue weighted by Crippen LogP contribution is -2.70. The van der Waals surface area contributed by atoms with Crippen LogP contribution in [0.2, 0.25) is 0 Å². The molecule has 0 aromatic carbocycles. The maximum Gasteiger partial charge on any atom is 0.364 e. The van der Waals surface area contributed by atoms with Crippen LogP contribution in [-0.4, -0.2) is 478 Å². The van der Waals surface area contributed by atoms with Crippen molar-refractivity contribution in [2.45, 2.75) is 297 Å². The summed E-state index contributed by atoms with van der Waals surface area (Å²) in [4.78, 5) is 76.1. The van der Waals surface area contributed by atoms with Crippen LogP contribution in [0, 0.1) is 0 Å². The zero-order chi connectivity index (χ0) is 84.1. The molecule has 4 amide bonds. The maximum atomic E-state index is 13.1. The van der Waals surface area contributed by atoms with Crippen LogP contribution in [0.4, 0.5) is 0 Å². The molecule has 8 fully saturated rings. The summed E-state index contributed by atoms with van der Waals surface area (Å²) in [5.74, 6) is -13.9.